The van der Waals surface area contributed by atoms with Crippen molar-refractivity contribution in [1.29, 1.82) is 0 Å². The third kappa shape index (κ3) is 4.17. The molecule has 0 bridgehead atoms. The van der Waals surface area contributed by atoms with Crippen LogP contribution in [0.4, 0.5) is 5.69 Å². The molecule has 1 aromatic heterocycles. The van der Waals surface area contributed by atoms with Crippen LogP contribution in [-0.2, 0) is 6.54 Å². The smallest absolute Gasteiger partial charge is 0.171 e. The minimum atomic E-state index is 0.0505. The van der Waals surface area contributed by atoms with E-state index in [1.54, 1.807) is 14.2 Å². The fraction of sp³-hybridized carbons (Fsp3) is 0.412. The zero-order valence-electron chi connectivity index (χ0n) is 14.7. The molecule has 0 aliphatic heterocycles. The van der Waals surface area contributed by atoms with Gasteiger partial charge in [0.15, 0.2) is 5.11 Å². The molecule has 1 heterocycles. The number of hydrogen-bond acceptors (Lipinski definition) is 4. The Morgan fingerprint density at radius 3 is 2.67 bits per heavy atom. The molecule has 6 nitrogen and oxygen atoms in total. The highest BCUT2D eigenvalue weighted by molar-refractivity contribution is 7.80. The van der Waals surface area contributed by atoms with Crippen molar-refractivity contribution in [2.75, 3.05) is 19.5 Å². The molecule has 7 heteroatoms. The molecule has 0 fully saturated rings. The second-order valence-corrected chi connectivity index (χ2v) is 5.82. The van der Waals surface area contributed by atoms with E-state index < -0.39 is 0 Å². The van der Waals surface area contributed by atoms with Crippen molar-refractivity contribution in [2.24, 2.45) is 0 Å². The first kappa shape index (κ1) is 18.1. The highest BCUT2D eigenvalue weighted by Crippen LogP contribution is 2.29. The van der Waals surface area contributed by atoms with Gasteiger partial charge in [0.1, 0.15) is 11.5 Å². The maximum atomic E-state index is 5.42. The average molecular weight is 348 g/mol. The number of rotatable bonds is 6. The van der Waals surface area contributed by atoms with Crippen molar-refractivity contribution in [3.05, 3.63) is 35.7 Å². The first-order valence-corrected chi connectivity index (χ1v) is 8.22. The van der Waals surface area contributed by atoms with Crippen molar-refractivity contribution >= 4 is 23.0 Å². The quantitative estimate of drug-likeness (QED) is 0.781. The Morgan fingerprint density at radius 1 is 1.33 bits per heavy atom. The molecule has 0 aliphatic carbocycles. The van der Waals surface area contributed by atoms with Crippen molar-refractivity contribution < 1.29 is 9.47 Å². The van der Waals surface area contributed by atoms with Gasteiger partial charge in [0, 0.05) is 24.4 Å². The highest BCUT2D eigenvalue weighted by atomic mass is 32.1. The lowest BCUT2D eigenvalue weighted by atomic mass is 10.1. The number of methoxy groups -OCH3 is 2. The summed E-state index contributed by atoms with van der Waals surface area (Å²) in [5, 5.41) is 11.4. The number of hydrogen-bond donors (Lipinski definition) is 2. The Hall–Kier alpha value is -2.28. The van der Waals surface area contributed by atoms with Gasteiger partial charge >= 0.3 is 0 Å². The largest absolute Gasteiger partial charge is 0.497 e. The zero-order chi connectivity index (χ0) is 17.7. The molecule has 0 spiro atoms. The van der Waals surface area contributed by atoms with Crippen LogP contribution in [0, 0.1) is 6.92 Å². The fourth-order valence-electron chi connectivity index (χ4n) is 2.45. The first-order chi connectivity index (χ1) is 11.5. The van der Waals surface area contributed by atoms with Gasteiger partial charge in [-0.25, -0.2) is 0 Å². The van der Waals surface area contributed by atoms with Gasteiger partial charge in [0.25, 0.3) is 0 Å². The SMILES string of the molecule is CCn1cc([C@H](C)NC(=S)Nc2ccc(OC)cc2OC)c(C)n1. The van der Waals surface area contributed by atoms with Crippen molar-refractivity contribution in [3.8, 4) is 11.5 Å². The summed E-state index contributed by atoms with van der Waals surface area (Å²) in [6.45, 7) is 6.97. The Kier molecular flexibility index (Phi) is 6.03. The van der Waals surface area contributed by atoms with E-state index >= 15 is 0 Å². The summed E-state index contributed by atoms with van der Waals surface area (Å²) >= 11 is 5.42. The number of anilines is 1. The summed E-state index contributed by atoms with van der Waals surface area (Å²) < 4.78 is 12.5. The molecule has 2 N–H and O–H groups in total. The van der Waals surface area contributed by atoms with E-state index in [2.05, 4.69) is 29.6 Å². The van der Waals surface area contributed by atoms with E-state index in [0.717, 1.165) is 29.2 Å². The normalized spacial score (nSPS) is 11.7. The molecule has 2 aromatic rings. The van der Waals surface area contributed by atoms with Crippen LogP contribution in [0.5, 0.6) is 11.5 Å². The first-order valence-electron chi connectivity index (χ1n) is 7.82. The predicted molar refractivity (Wildman–Crippen MR) is 100.0 cm³/mol. The Balaban J connectivity index is 2.06. The fourth-order valence-corrected chi connectivity index (χ4v) is 2.74. The second kappa shape index (κ2) is 8.01. The number of ether oxygens (including phenoxy) is 2. The van der Waals surface area contributed by atoms with Gasteiger partial charge < -0.3 is 20.1 Å². The van der Waals surface area contributed by atoms with Crippen LogP contribution in [0.3, 0.4) is 0 Å². The number of benzene rings is 1. The summed E-state index contributed by atoms with van der Waals surface area (Å²) in [6.07, 6.45) is 2.05. The van der Waals surface area contributed by atoms with E-state index in [-0.39, 0.29) is 6.04 Å². The Bertz CT molecular complexity index is 715. The maximum absolute atomic E-state index is 5.42. The van der Waals surface area contributed by atoms with Gasteiger partial charge in [-0.05, 0) is 45.1 Å². The van der Waals surface area contributed by atoms with Crippen molar-refractivity contribution in [3.63, 3.8) is 0 Å². The minimum absolute atomic E-state index is 0.0505. The van der Waals surface area contributed by atoms with Crippen LogP contribution in [0.1, 0.15) is 31.1 Å². The van der Waals surface area contributed by atoms with E-state index in [4.69, 9.17) is 21.7 Å². The van der Waals surface area contributed by atoms with Gasteiger partial charge in [0.2, 0.25) is 0 Å². The van der Waals surface area contributed by atoms with Crippen molar-refractivity contribution in [1.82, 2.24) is 15.1 Å². The molecule has 130 valence electrons. The number of nitrogens with zero attached hydrogens (tertiary/aromatic N) is 2. The molecule has 1 aromatic carbocycles. The predicted octanol–water partition coefficient (Wildman–Crippen LogP) is 3.28. The highest BCUT2D eigenvalue weighted by Gasteiger charge is 2.14. The molecule has 1 atom stereocenters. The van der Waals surface area contributed by atoms with Gasteiger partial charge in [-0.2, -0.15) is 5.10 Å². The van der Waals surface area contributed by atoms with Crippen LogP contribution < -0.4 is 20.1 Å². The number of nitrogens with one attached hydrogen (secondary N) is 2. The minimum Gasteiger partial charge on any atom is -0.497 e. The van der Waals surface area contributed by atoms with Crippen LogP contribution in [0.25, 0.3) is 0 Å². The lowest BCUT2D eigenvalue weighted by Gasteiger charge is -2.18. The summed E-state index contributed by atoms with van der Waals surface area (Å²) in [5.41, 5.74) is 2.91. The second-order valence-electron chi connectivity index (χ2n) is 5.41. The van der Waals surface area contributed by atoms with Gasteiger partial charge in [0.05, 0.1) is 31.6 Å². The van der Waals surface area contributed by atoms with Crippen LogP contribution in [-0.4, -0.2) is 29.1 Å². The third-order valence-corrected chi connectivity index (χ3v) is 4.00. The number of thiocarbonyl (C=S) groups is 1. The van der Waals surface area contributed by atoms with E-state index in [1.165, 1.54) is 0 Å². The topological polar surface area (TPSA) is 60.3 Å². The molecule has 0 unspecified atom stereocenters. The van der Waals surface area contributed by atoms with Gasteiger partial charge in [-0.15, -0.1) is 0 Å². The molecule has 24 heavy (non-hydrogen) atoms. The standard InChI is InChI=1S/C17H24N4O2S/c1-6-21-10-14(12(3)20-21)11(2)18-17(24)19-15-8-7-13(22-4)9-16(15)23-5/h7-11H,6H2,1-5H3,(H2,18,19,24)/t11-/m0/s1. The van der Waals surface area contributed by atoms with Crippen LogP contribution in [0.2, 0.25) is 0 Å². The van der Waals surface area contributed by atoms with Crippen molar-refractivity contribution in [2.45, 2.75) is 33.4 Å². The summed E-state index contributed by atoms with van der Waals surface area (Å²) in [7, 11) is 3.23. The molecule has 0 aliphatic rings. The Morgan fingerprint density at radius 2 is 2.08 bits per heavy atom. The van der Waals surface area contributed by atoms with E-state index in [1.807, 2.05) is 36.0 Å². The molecular formula is C17H24N4O2S. The molecule has 0 saturated heterocycles. The number of aryl methyl sites for hydroxylation is 2. The molecule has 2 rings (SSSR count). The lowest BCUT2D eigenvalue weighted by Crippen LogP contribution is -2.31. The zero-order valence-corrected chi connectivity index (χ0v) is 15.5. The van der Waals surface area contributed by atoms with Gasteiger partial charge in [-0.3, -0.25) is 4.68 Å². The molecule has 0 radical (unpaired) electrons. The molecular weight excluding hydrogens is 324 g/mol. The average Bonchev–Trinajstić information content (AvgIpc) is 2.96. The van der Waals surface area contributed by atoms with E-state index in [0.29, 0.717) is 10.9 Å². The monoisotopic (exact) mass is 348 g/mol. The van der Waals surface area contributed by atoms with Crippen LogP contribution in [0.15, 0.2) is 24.4 Å². The van der Waals surface area contributed by atoms with Crippen LogP contribution >= 0.6 is 12.2 Å². The Labute approximate surface area is 148 Å². The summed E-state index contributed by atoms with van der Waals surface area (Å²) in [6, 6.07) is 5.59. The van der Waals surface area contributed by atoms with E-state index in [9.17, 15) is 0 Å². The molecule has 0 amide bonds. The maximum Gasteiger partial charge on any atom is 0.171 e. The lowest BCUT2D eigenvalue weighted by molar-refractivity contribution is 0.395. The third-order valence-electron chi connectivity index (χ3n) is 3.78. The number of aromatic nitrogens is 2. The summed E-state index contributed by atoms with van der Waals surface area (Å²) in [5.74, 6) is 1.40. The van der Waals surface area contributed by atoms with Gasteiger partial charge in [-0.1, -0.05) is 0 Å². The molecule has 0 saturated carbocycles. The summed E-state index contributed by atoms with van der Waals surface area (Å²) in [4.78, 5) is 0.